The average Bonchev–Trinajstić information content (AvgIpc) is 3.09. The molecule has 3 nitrogen and oxygen atoms in total. The Hall–Kier alpha value is -2.11. The van der Waals surface area contributed by atoms with Gasteiger partial charge in [0, 0.05) is 6.07 Å². The maximum Gasteiger partial charge on any atom is 0.573 e. The van der Waals surface area contributed by atoms with E-state index in [1.807, 2.05) is 0 Å². The van der Waals surface area contributed by atoms with Crippen LogP contribution in [-0.2, 0) is 16.1 Å². The Kier molecular flexibility index (Phi) is 6.33. The highest BCUT2D eigenvalue weighted by Gasteiger charge is 2.62. The fourth-order valence-electron chi connectivity index (χ4n) is 2.88. The quantitative estimate of drug-likeness (QED) is 0.391. The van der Waals surface area contributed by atoms with E-state index < -0.39 is 76.2 Å². The summed E-state index contributed by atoms with van der Waals surface area (Å²) in [6.45, 7) is 1.57. The summed E-state index contributed by atoms with van der Waals surface area (Å²) in [5.74, 6) is -11.0. The molecule has 1 aromatic rings. The lowest BCUT2D eigenvalue weighted by Gasteiger charge is -2.14. The van der Waals surface area contributed by atoms with Gasteiger partial charge < -0.3 is 9.47 Å². The zero-order valence-electron chi connectivity index (χ0n) is 15.0. The molecule has 1 aliphatic rings. The largest absolute Gasteiger partial charge is 0.573 e. The second-order valence-electron chi connectivity index (χ2n) is 6.95. The van der Waals surface area contributed by atoms with E-state index in [1.165, 1.54) is 13.8 Å². The van der Waals surface area contributed by atoms with Crippen LogP contribution in [0.1, 0.15) is 19.4 Å². The molecule has 13 heteroatoms. The Bertz CT molecular complexity index is 875. The molecule has 1 aliphatic carbocycles. The summed E-state index contributed by atoms with van der Waals surface area (Å²) < 4.78 is 123. The van der Waals surface area contributed by atoms with Gasteiger partial charge in [0.25, 0.3) is 0 Å². The van der Waals surface area contributed by atoms with E-state index in [4.69, 9.17) is 11.6 Å². The highest BCUT2D eigenvalue weighted by molar-refractivity contribution is 6.30. The average molecular weight is 471 g/mol. The van der Waals surface area contributed by atoms with Crippen molar-refractivity contribution in [1.29, 1.82) is 0 Å². The zero-order chi connectivity index (χ0) is 23.2. The second-order valence-corrected chi connectivity index (χ2v) is 7.36. The molecule has 0 aromatic heterocycles. The number of halogens is 10. The molecule has 1 aromatic carbocycles. The first-order valence-corrected chi connectivity index (χ1v) is 8.38. The van der Waals surface area contributed by atoms with Gasteiger partial charge in [-0.05, 0) is 11.3 Å². The van der Waals surface area contributed by atoms with Gasteiger partial charge in [0.1, 0.15) is 17.5 Å². The fraction of sp³-hybridized carbons (Fsp3) is 0.471. The maximum absolute atomic E-state index is 14.1. The summed E-state index contributed by atoms with van der Waals surface area (Å²) in [5, 5.41) is -1.47. The van der Waals surface area contributed by atoms with Crippen molar-refractivity contribution in [3.05, 3.63) is 40.2 Å². The summed E-state index contributed by atoms with van der Waals surface area (Å²) in [6, 6.07) is -0.0942. The lowest BCUT2D eigenvalue weighted by atomic mass is 10.1. The molecule has 0 N–H and O–H groups in total. The van der Waals surface area contributed by atoms with Gasteiger partial charge in [-0.15, -0.1) is 13.2 Å². The minimum Gasteiger partial charge on any atom is -0.460 e. The normalized spacial score (nSPS) is 21.4. The Morgan fingerprint density at radius 1 is 1.13 bits per heavy atom. The number of allylic oxidation sites excluding steroid dienone is 2. The molecule has 2 rings (SSSR count). The van der Waals surface area contributed by atoms with Crippen LogP contribution in [0.3, 0.4) is 0 Å². The molecule has 1 saturated carbocycles. The Labute approximate surface area is 168 Å². The molecule has 0 radical (unpaired) electrons. The number of carbonyl (C=O) groups is 1. The van der Waals surface area contributed by atoms with Crippen LogP contribution in [0.5, 0.6) is 5.75 Å². The first-order valence-electron chi connectivity index (χ1n) is 8.00. The molecule has 0 spiro atoms. The van der Waals surface area contributed by atoms with E-state index in [1.54, 1.807) is 0 Å². The number of rotatable bonds is 5. The second kappa shape index (κ2) is 7.86. The maximum atomic E-state index is 14.1. The first kappa shape index (κ1) is 24.2. The van der Waals surface area contributed by atoms with E-state index in [-0.39, 0.29) is 6.07 Å². The van der Waals surface area contributed by atoms with Crippen molar-refractivity contribution >= 4 is 17.6 Å². The standard InChI is InChI=1S/C17H12ClF9O3/c1-15(2)7(3-10(18)16(22,23)24)11(15)14(28)29-5-6-8(19)4-9(20)13(12(6)21)30-17(25,26)27/h3-4,7,11H,5H2,1-2H3. The van der Waals surface area contributed by atoms with Crippen LogP contribution in [-0.4, -0.2) is 18.5 Å². The van der Waals surface area contributed by atoms with E-state index in [9.17, 15) is 44.3 Å². The van der Waals surface area contributed by atoms with E-state index >= 15 is 0 Å². The summed E-state index contributed by atoms with van der Waals surface area (Å²) in [6.07, 6.45) is -9.73. The predicted octanol–water partition coefficient (Wildman–Crippen LogP) is 6.00. The lowest BCUT2D eigenvalue weighted by molar-refractivity contribution is -0.276. The van der Waals surface area contributed by atoms with Gasteiger partial charge in [-0.2, -0.15) is 13.2 Å². The number of carbonyl (C=O) groups excluding carboxylic acids is 1. The molecular formula is C17H12ClF9O3. The highest BCUT2D eigenvalue weighted by Crippen LogP contribution is 2.60. The smallest absolute Gasteiger partial charge is 0.460 e. The molecule has 0 saturated heterocycles. The summed E-state index contributed by atoms with van der Waals surface area (Å²) >= 11 is 5.13. The van der Waals surface area contributed by atoms with Crippen LogP contribution in [0.25, 0.3) is 0 Å². The van der Waals surface area contributed by atoms with Crippen molar-refractivity contribution in [2.75, 3.05) is 0 Å². The molecule has 2 unspecified atom stereocenters. The number of hydrogen-bond donors (Lipinski definition) is 0. The van der Waals surface area contributed by atoms with Crippen molar-refractivity contribution in [3.63, 3.8) is 0 Å². The molecular weight excluding hydrogens is 459 g/mol. The summed E-state index contributed by atoms with van der Waals surface area (Å²) in [7, 11) is 0. The molecule has 168 valence electrons. The molecule has 2 atom stereocenters. The molecule has 0 heterocycles. The number of ether oxygens (including phenoxy) is 2. The van der Waals surface area contributed by atoms with Crippen LogP contribution in [0.15, 0.2) is 17.2 Å². The van der Waals surface area contributed by atoms with Gasteiger partial charge >= 0.3 is 18.5 Å². The number of esters is 1. The minimum atomic E-state index is -5.48. The minimum absolute atomic E-state index is 0.0942. The van der Waals surface area contributed by atoms with Gasteiger partial charge in [-0.25, -0.2) is 13.2 Å². The van der Waals surface area contributed by atoms with Crippen molar-refractivity contribution in [3.8, 4) is 5.75 Å². The Morgan fingerprint density at radius 2 is 1.70 bits per heavy atom. The first-order chi connectivity index (χ1) is 13.5. The van der Waals surface area contributed by atoms with Crippen LogP contribution in [0.2, 0.25) is 0 Å². The number of benzene rings is 1. The van der Waals surface area contributed by atoms with Gasteiger partial charge in [0.05, 0.1) is 11.5 Å². The molecule has 1 fully saturated rings. The van der Waals surface area contributed by atoms with Crippen molar-refractivity contribution in [1.82, 2.24) is 0 Å². The summed E-state index contributed by atoms with van der Waals surface area (Å²) in [5.41, 5.74) is -2.27. The van der Waals surface area contributed by atoms with Gasteiger partial charge in [0.2, 0.25) is 5.75 Å². The highest BCUT2D eigenvalue weighted by atomic mass is 35.5. The van der Waals surface area contributed by atoms with E-state index in [0.29, 0.717) is 6.08 Å². The van der Waals surface area contributed by atoms with Gasteiger partial charge in [-0.3, -0.25) is 4.79 Å². The van der Waals surface area contributed by atoms with Crippen molar-refractivity contribution in [2.45, 2.75) is 33.0 Å². The van der Waals surface area contributed by atoms with Gasteiger partial charge in [0.15, 0.2) is 11.6 Å². The monoisotopic (exact) mass is 470 g/mol. The zero-order valence-corrected chi connectivity index (χ0v) is 15.8. The summed E-state index contributed by atoms with van der Waals surface area (Å²) in [4.78, 5) is 12.1. The third-order valence-corrected chi connectivity index (χ3v) is 4.90. The topological polar surface area (TPSA) is 35.5 Å². The molecule has 0 amide bonds. The van der Waals surface area contributed by atoms with Crippen LogP contribution in [0, 0.1) is 34.7 Å². The third kappa shape index (κ3) is 5.13. The number of hydrogen-bond acceptors (Lipinski definition) is 3. The molecule has 0 bridgehead atoms. The SMILES string of the molecule is CC1(C)C(C=C(Cl)C(F)(F)F)C1C(=O)OCc1c(F)cc(F)c(OC(F)(F)F)c1F. The van der Waals surface area contributed by atoms with Crippen LogP contribution < -0.4 is 4.74 Å². The number of alkyl halides is 6. The molecule has 30 heavy (non-hydrogen) atoms. The molecule has 0 aliphatic heterocycles. The van der Waals surface area contributed by atoms with Crippen LogP contribution >= 0.6 is 11.6 Å². The van der Waals surface area contributed by atoms with Crippen LogP contribution in [0.4, 0.5) is 39.5 Å². The van der Waals surface area contributed by atoms with E-state index in [0.717, 1.165) is 0 Å². The van der Waals surface area contributed by atoms with Crippen molar-refractivity contribution in [2.24, 2.45) is 17.3 Å². The Balaban J connectivity index is 2.18. The third-order valence-electron chi connectivity index (χ3n) is 4.56. The Morgan fingerprint density at radius 3 is 2.20 bits per heavy atom. The lowest BCUT2D eigenvalue weighted by Crippen LogP contribution is -2.20. The predicted molar refractivity (Wildman–Crippen MR) is 83.5 cm³/mol. The van der Waals surface area contributed by atoms with E-state index in [2.05, 4.69) is 9.47 Å². The van der Waals surface area contributed by atoms with Crippen molar-refractivity contribution < 1.29 is 53.8 Å². The van der Waals surface area contributed by atoms with Gasteiger partial charge in [-0.1, -0.05) is 31.5 Å². The fourth-order valence-corrected chi connectivity index (χ4v) is 3.01.